The molecule has 2 heterocycles. The second-order valence-corrected chi connectivity index (χ2v) is 7.62. The van der Waals surface area contributed by atoms with Crippen molar-refractivity contribution < 1.29 is 4.79 Å². The quantitative estimate of drug-likeness (QED) is 0.881. The molecule has 27 heavy (non-hydrogen) atoms. The third kappa shape index (κ3) is 4.46. The zero-order valence-corrected chi connectivity index (χ0v) is 15.9. The van der Waals surface area contributed by atoms with Crippen molar-refractivity contribution in [3.63, 3.8) is 0 Å². The van der Waals surface area contributed by atoms with Crippen molar-refractivity contribution in [3.05, 3.63) is 53.3 Å². The minimum Gasteiger partial charge on any atom is -0.349 e. The van der Waals surface area contributed by atoms with Crippen LogP contribution in [-0.4, -0.2) is 29.0 Å². The van der Waals surface area contributed by atoms with Crippen LogP contribution in [0.2, 0.25) is 0 Å². The highest BCUT2D eigenvalue weighted by Crippen LogP contribution is 2.29. The summed E-state index contributed by atoms with van der Waals surface area (Å²) in [6.45, 7) is 2.11. The number of carbonyl (C=O) groups is 1. The maximum Gasteiger partial charge on any atom is 0.225 e. The van der Waals surface area contributed by atoms with Crippen LogP contribution >= 0.6 is 0 Å². The number of anilines is 1. The second-order valence-electron chi connectivity index (χ2n) is 7.62. The molecule has 0 radical (unpaired) electrons. The van der Waals surface area contributed by atoms with Gasteiger partial charge in [-0.15, -0.1) is 0 Å². The Balaban J connectivity index is 1.39. The van der Waals surface area contributed by atoms with Crippen molar-refractivity contribution in [3.8, 4) is 0 Å². The first-order valence-corrected chi connectivity index (χ1v) is 10.2. The molecule has 142 valence electrons. The van der Waals surface area contributed by atoms with E-state index in [1.165, 1.54) is 24.8 Å². The molecule has 4 rings (SSSR count). The first-order chi connectivity index (χ1) is 13.3. The van der Waals surface area contributed by atoms with E-state index in [0.29, 0.717) is 6.42 Å². The Kier molecular flexibility index (Phi) is 5.66. The van der Waals surface area contributed by atoms with Crippen LogP contribution in [0.1, 0.15) is 61.4 Å². The lowest BCUT2D eigenvalue weighted by atomic mass is 9.92. The summed E-state index contributed by atoms with van der Waals surface area (Å²) in [6, 6.07) is 10.2. The Labute approximate surface area is 161 Å². The molecule has 1 fully saturated rings. The molecule has 1 aromatic carbocycles. The minimum absolute atomic E-state index is 0.0485. The molecule has 5 heteroatoms. The molecule has 1 aliphatic carbocycles. The predicted molar refractivity (Wildman–Crippen MR) is 107 cm³/mol. The van der Waals surface area contributed by atoms with Gasteiger partial charge in [-0.2, -0.15) is 0 Å². The molecule has 1 aliphatic heterocycles. The summed E-state index contributed by atoms with van der Waals surface area (Å²) in [5.41, 5.74) is 3.42. The van der Waals surface area contributed by atoms with E-state index in [9.17, 15) is 4.79 Å². The number of hydrogen-bond acceptors (Lipinski definition) is 4. The van der Waals surface area contributed by atoms with Gasteiger partial charge in [-0.1, -0.05) is 30.3 Å². The van der Waals surface area contributed by atoms with E-state index in [2.05, 4.69) is 27.3 Å². The van der Waals surface area contributed by atoms with Crippen LogP contribution in [0.5, 0.6) is 0 Å². The zero-order valence-electron chi connectivity index (χ0n) is 15.9. The molecule has 2 aliphatic rings. The number of hydrogen-bond donors (Lipinski definition) is 1. The lowest BCUT2D eigenvalue weighted by molar-refractivity contribution is -0.121. The molecule has 0 unspecified atom stereocenters. The maximum absolute atomic E-state index is 12.4. The molecule has 0 bridgehead atoms. The van der Waals surface area contributed by atoms with Crippen molar-refractivity contribution >= 4 is 11.9 Å². The number of fused-ring (bicyclic) bond motifs is 1. The highest BCUT2D eigenvalue weighted by molar-refractivity contribution is 5.76. The Morgan fingerprint density at radius 2 is 1.93 bits per heavy atom. The van der Waals surface area contributed by atoms with Gasteiger partial charge in [0, 0.05) is 31.3 Å². The van der Waals surface area contributed by atoms with Crippen LogP contribution < -0.4 is 10.2 Å². The highest BCUT2D eigenvalue weighted by atomic mass is 16.1. The van der Waals surface area contributed by atoms with Crippen molar-refractivity contribution in [1.29, 1.82) is 0 Å². The van der Waals surface area contributed by atoms with E-state index in [1.54, 1.807) is 0 Å². The van der Waals surface area contributed by atoms with Gasteiger partial charge in [0.1, 0.15) is 0 Å². The zero-order chi connectivity index (χ0) is 18.5. The van der Waals surface area contributed by atoms with Crippen LogP contribution in [0.25, 0.3) is 0 Å². The van der Waals surface area contributed by atoms with E-state index < -0.39 is 0 Å². The molecule has 2 aromatic rings. The summed E-state index contributed by atoms with van der Waals surface area (Å²) in [4.78, 5) is 24.2. The van der Waals surface area contributed by atoms with Gasteiger partial charge in [0.15, 0.2) is 0 Å². The monoisotopic (exact) mass is 364 g/mol. The summed E-state index contributed by atoms with van der Waals surface area (Å²) in [6.07, 6.45) is 10.0. The SMILES string of the molecule is O=C(CCc1ccccc1)N[C@@H]1CCCc2nc(N3CCCCC3)ncc21. The summed E-state index contributed by atoms with van der Waals surface area (Å²) in [5, 5.41) is 3.21. The topological polar surface area (TPSA) is 58.1 Å². The lowest BCUT2D eigenvalue weighted by Crippen LogP contribution is -2.34. The molecule has 1 amide bonds. The largest absolute Gasteiger partial charge is 0.349 e. The Morgan fingerprint density at radius 3 is 2.74 bits per heavy atom. The number of amides is 1. The van der Waals surface area contributed by atoms with Crippen LogP contribution in [0.15, 0.2) is 36.5 Å². The number of benzene rings is 1. The summed E-state index contributed by atoms with van der Waals surface area (Å²) in [7, 11) is 0. The van der Waals surface area contributed by atoms with E-state index >= 15 is 0 Å². The Hall–Kier alpha value is -2.43. The minimum atomic E-state index is 0.0485. The first-order valence-electron chi connectivity index (χ1n) is 10.2. The Morgan fingerprint density at radius 1 is 1.11 bits per heavy atom. The molecule has 1 N–H and O–H groups in total. The average Bonchev–Trinajstić information content (AvgIpc) is 2.73. The fourth-order valence-electron chi connectivity index (χ4n) is 4.10. The highest BCUT2D eigenvalue weighted by Gasteiger charge is 2.25. The van der Waals surface area contributed by atoms with Gasteiger partial charge < -0.3 is 10.2 Å². The van der Waals surface area contributed by atoms with Gasteiger partial charge in [0.25, 0.3) is 0 Å². The fourth-order valence-corrected chi connectivity index (χ4v) is 4.10. The number of nitrogens with zero attached hydrogens (tertiary/aromatic N) is 3. The third-order valence-electron chi connectivity index (χ3n) is 5.63. The molecule has 1 aromatic heterocycles. The fraction of sp³-hybridized carbons (Fsp3) is 0.500. The Bertz CT molecular complexity index is 771. The second kappa shape index (κ2) is 8.51. The van der Waals surface area contributed by atoms with E-state index in [0.717, 1.165) is 56.0 Å². The standard InChI is InChI=1S/C22H28N4O/c27-21(13-12-17-8-3-1-4-9-17)24-19-10-7-11-20-18(19)16-23-22(25-20)26-14-5-2-6-15-26/h1,3-4,8-9,16,19H,2,5-7,10-15H2,(H,24,27)/t19-/m1/s1. The van der Waals surface area contributed by atoms with Gasteiger partial charge in [0.05, 0.1) is 11.7 Å². The van der Waals surface area contributed by atoms with E-state index in [-0.39, 0.29) is 11.9 Å². The van der Waals surface area contributed by atoms with Gasteiger partial charge in [-0.05, 0) is 50.5 Å². The molecule has 0 spiro atoms. The number of aryl methyl sites for hydroxylation is 2. The predicted octanol–water partition coefficient (Wildman–Crippen LogP) is 3.59. The number of nitrogens with one attached hydrogen (secondary N) is 1. The van der Waals surface area contributed by atoms with E-state index in [4.69, 9.17) is 4.98 Å². The molecule has 1 saturated heterocycles. The molecule has 0 saturated carbocycles. The normalized spacial score (nSPS) is 19.4. The summed E-state index contributed by atoms with van der Waals surface area (Å²) >= 11 is 0. The van der Waals surface area contributed by atoms with Gasteiger partial charge in [-0.25, -0.2) is 9.97 Å². The molecular formula is C22H28N4O. The molecular weight excluding hydrogens is 336 g/mol. The van der Waals surface area contributed by atoms with Crippen molar-refractivity contribution in [1.82, 2.24) is 15.3 Å². The van der Waals surface area contributed by atoms with Crippen molar-refractivity contribution in [2.24, 2.45) is 0 Å². The third-order valence-corrected chi connectivity index (χ3v) is 5.63. The van der Waals surface area contributed by atoms with Crippen LogP contribution in [-0.2, 0) is 17.6 Å². The molecule has 1 atom stereocenters. The van der Waals surface area contributed by atoms with Crippen molar-refractivity contribution in [2.45, 2.75) is 57.4 Å². The van der Waals surface area contributed by atoms with Gasteiger partial charge in [0.2, 0.25) is 11.9 Å². The van der Waals surface area contributed by atoms with Crippen LogP contribution in [0.3, 0.4) is 0 Å². The average molecular weight is 364 g/mol. The van der Waals surface area contributed by atoms with Gasteiger partial charge in [-0.3, -0.25) is 4.79 Å². The molecule has 5 nitrogen and oxygen atoms in total. The van der Waals surface area contributed by atoms with Crippen LogP contribution in [0, 0.1) is 0 Å². The van der Waals surface area contributed by atoms with Crippen molar-refractivity contribution in [2.75, 3.05) is 18.0 Å². The summed E-state index contributed by atoms with van der Waals surface area (Å²) in [5.74, 6) is 0.973. The van der Waals surface area contributed by atoms with E-state index in [1.807, 2.05) is 24.4 Å². The number of carbonyl (C=O) groups excluding carboxylic acids is 1. The number of rotatable bonds is 5. The van der Waals surface area contributed by atoms with Gasteiger partial charge >= 0.3 is 0 Å². The smallest absolute Gasteiger partial charge is 0.225 e. The summed E-state index contributed by atoms with van der Waals surface area (Å²) < 4.78 is 0. The first kappa shape index (κ1) is 18.0. The number of aromatic nitrogens is 2. The lowest BCUT2D eigenvalue weighted by Gasteiger charge is -2.29. The van der Waals surface area contributed by atoms with Crippen LogP contribution in [0.4, 0.5) is 5.95 Å². The maximum atomic E-state index is 12.4. The number of piperidine rings is 1.